The Morgan fingerprint density at radius 1 is 0.773 bits per heavy atom. The zero-order valence-electron chi connectivity index (χ0n) is 29.2. The topological polar surface area (TPSA) is 66.8 Å². The van der Waals surface area contributed by atoms with Crippen LogP contribution < -0.4 is 0 Å². The molecule has 0 radical (unpaired) electrons. The molecule has 1 saturated heterocycles. The van der Waals surface area contributed by atoms with E-state index in [2.05, 4.69) is 34.6 Å². The summed E-state index contributed by atoms with van der Waals surface area (Å²) < 4.78 is 6.26. The standard InChI is InChI=1S/C40H66O4/c1-28-38-18-15-30-36(4,31(38)16-19-40(28,43)44-27-38)23-25-39(17-11-7-10-14-29-12-8-6-9-13-29)32-26-35(3,33(41)42)21-20-34(32,2)22-24-37(30,39)5/h28-32,43H,6-27H2,1-5H3,(H,41,42). The molecular formula is C40H66O4. The van der Waals surface area contributed by atoms with Crippen LogP contribution in [0.15, 0.2) is 0 Å². The average Bonchev–Trinajstić information content (AvgIpc) is 3.13. The maximum Gasteiger partial charge on any atom is 0.309 e. The van der Waals surface area contributed by atoms with E-state index >= 15 is 0 Å². The Morgan fingerprint density at radius 2 is 1.50 bits per heavy atom. The maximum atomic E-state index is 12.8. The first kappa shape index (κ1) is 32.0. The van der Waals surface area contributed by atoms with Crippen LogP contribution in [0.4, 0.5) is 0 Å². The van der Waals surface area contributed by atoms with Crippen LogP contribution in [-0.2, 0) is 9.53 Å². The molecule has 1 heterocycles. The lowest BCUT2D eigenvalue weighted by Crippen LogP contribution is -2.69. The minimum Gasteiger partial charge on any atom is -0.481 e. The number of unbranched alkanes of at least 4 members (excludes halogenated alkanes) is 2. The molecule has 0 aromatic rings. The van der Waals surface area contributed by atoms with Crippen LogP contribution in [0.3, 0.4) is 0 Å². The van der Waals surface area contributed by atoms with E-state index in [1.54, 1.807) is 0 Å². The van der Waals surface area contributed by atoms with E-state index in [1.165, 1.54) is 103 Å². The molecule has 11 atom stereocenters. The van der Waals surface area contributed by atoms with Crippen molar-refractivity contribution in [3.05, 3.63) is 0 Å². The molecule has 2 N–H and O–H groups in total. The zero-order valence-corrected chi connectivity index (χ0v) is 29.2. The highest BCUT2D eigenvalue weighted by Crippen LogP contribution is 2.80. The molecule has 250 valence electrons. The lowest BCUT2D eigenvalue weighted by Gasteiger charge is -2.75. The van der Waals surface area contributed by atoms with Gasteiger partial charge < -0.3 is 14.9 Å². The van der Waals surface area contributed by atoms with E-state index in [-0.39, 0.29) is 33.0 Å². The van der Waals surface area contributed by atoms with Crippen molar-refractivity contribution >= 4 is 5.97 Å². The molecule has 1 aliphatic heterocycles. The third-order valence-electron chi connectivity index (χ3n) is 17.7. The molecule has 0 amide bonds. The lowest BCUT2D eigenvalue weighted by molar-refractivity contribution is -0.274. The van der Waals surface area contributed by atoms with Gasteiger partial charge in [-0.1, -0.05) is 85.5 Å². The van der Waals surface area contributed by atoms with Crippen LogP contribution in [0, 0.1) is 62.1 Å². The van der Waals surface area contributed by atoms with Gasteiger partial charge in [-0.25, -0.2) is 0 Å². The number of hydrogen-bond donors (Lipinski definition) is 2. The van der Waals surface area contributed by atoms with E-state index < -0.39 is 17.2 Å². The Morgan fingerprint density at radius 3 is 2.25 bits per heavy atom. The Hall–Kier alpha value is -0.610. The largest absolute Gasteiger partial charge is 0.481 e. The van der Waals surface area contributed by atoms with Crippen LogP contribution in [-0.4, -0.2) is 28.6 Å². The summed E-state index contributed by atoms with van der Waals surface area (Å²) in [4.78, 5) is 12.8. The summed E-state index contributed by atoms with van der Waals surface area (Å²) in [6.07, 6.45) is 26.4. The molecule has 6 aliphatic carbocycles. The van der Waals surface area contributed by atoms with E-state index in [4.69, 9.17) is 4.74 Å². The first-order valence-electron chi connectivity index (χ1n) is 19.4. The summed E-state index contributed by atoms with van der Waals surface area (Å²) in [6, 6.07) is 0. The first-order valence-corrected chi connectivity index (χ1v) is 19.4. The molecule has 4 heteroatoms. The van der Waals surface area contributed by atoms with Gasteiger partial charge in [0.25, 0.3) is 0 Å². The summed E-state index contributed by atoms with van der Waals surface area (Å²) in [5.41, 5.74) is 0.586. The number of carboxylic acid groups (broad SMARTS) is 1. The van der Waals surface area contributed by atoms with E-state index in [0.29, 0.717) is 17.8 Å². The van der Waals surface area contributed by atoms with E-state index in [0.717, 1.165) is 44.6 Å². The number of hydrogen-bond acceptors (Lipinski definition) is 3. The smallest absolute Gasteiger partial charge is 0.309 e. The van der Waals surface area contributed by atoms with Gasteiger partial charge in [-0.15, -0.1) is 0 Å². The molecule has 7 aliphatic rings. The van der Waals surface area contributed by atoms with E-state index in [9.17, 15) is 15.0 Å². The van der Waals surface area contributed by atoms with Crippen molar-refractivity contribution in [2.45, 2.75) is 175 Å². The van der Waals surface area contributed by atoms with Gasteiger partial charge in [0.1, 0.15) is 0 Å². The molecule has 44 heavy (non-hydrogen) atoms. The number of carbonyl (C=O) groups is 1. The summed E-state index contributed by atoms with van der Waals surface area (Å²) in [5, 5.41) is 21.9. The molecule has 7 fully saturated rings. The van der Waals surface area contributed by atoms with Gasteiger partial charge in [0, 0.05) is 17.8 Å². The van der Waals surface area contributed by atoms with Crippen LogP contribution in [0.5, 0.6) is 0 Å². The van der Waals surface area contributed by atoms with Gasteiger partial charge in [-0.05, 0) is 123 Å². The zero-order chi connectivity index (χ0) is 31.2. The van der Waals surface area contributed by atoms with Gasteiger partial charge in [0.15, 0.2) is 5.79 Å². The third kappa shape index (κ3) is 4.36. The number of aliphatic carboxylic acids is 1. The van der Waals surface area contributed by atoms with Crippen LogP contribution >= 0.6 is 0 Å². The summed E-state index contributed by atoms with van der Waals surface area (Å²) in [7, 11) is 0. The molecule has 1 spiro atoms. The van der Waals surface area contributed by atoms with Crippen molar-refractivity contribution in [1.82, 2.24) is 0 Å². The fraction of sp³-hybridized carbons (Fsp3) is 0.975. The molecular weight excluding hydrogens is 544 g/mol. The predicted octanol–water partition coefficient (Wildman–Crippen LogP) is 10.2. The van der Waals surface area contributed by atoms with Gasteiger partial charge in [-0.2, -0.15) is 0 Å². The molecule has 0 aromatic heterocycles. The Labute approximate surface area is 269 Å². The van der Waals surface area contributed by atoms with Crippen molar-refractivity contribution in [2.24, 2.45) is 62.1 Å². The first-order chi connectivity index (χ1) is 20.8. The number of fused-ring (bicyclic) bond motifs is 7. The average molecular weight is 611 g/mol. The summed E-state index contributed by atoms with van der Waals surface area (Å²) in [5.74, 6) is 1.55. The second-order valence-corrected chi connectivity index (χ2v) is 19.2. The normalized spacial score (nSPS) is 53.7. The van der Waals surface area contributed by atoms with Crippen LogP contribution in [0.25, 0.3) is 0 Å². The maximum absolute atomic E-state index is 12.8. The highest BCUT2D eigenvalue weighted by molar-refractivity contribution is 5.74. The fourth-order valence-electron chi connectivity index (χ4n) is 14.8. The Bertz CT molecular complexity index is 1110. The summed E-state index contributed by atoms with van der Waals surface area (Å²) in [6.45, 7) is 13.1. The van der Waals surface area contributed by atoms with Gasteiger partial charge >= 0.3 is 5.97 Å². The Kier molecular flexibility index (Phi) is 7.77. The van der Waals surface area contributed by atoms with Crippen molar-refractivity contribution in [3.63, 3.8) is 0 Å². The Balaban J connectivity index is 1.20. The van der Waals surface area contributed by atoms with Crippen molar-refractivity contribution in [2.75, 3.05) is 6.61 Å². The van der Waals surface area contributed by atoms with E-state index in [1.807, 2.05) is 0 Å². The van der Waals surface area contributed by atoms with Crippen molar-refractivity contribution in [1.29, 1.82) is 0 Å². The van der Waals surface area contributed by atoms with Crippen molar-refractivity contribution < 1.29 is 19.7 Å². The molecule has 2 bridgehead atoms. The highest BCUT2D eigenvalue weighted by atomic mass is 16.6. The number of aliphatic hydroxyl groups is 1. The predicted molar refractivity (Wildman–Crippen MR) is 176 cm³/mol. The SMILES string of the molecule is CC1C2(O)CCC3C4(C)CCC5(CCCCCC6CCCCC6)C6CC(C)(C(=O)O)CCC6(C)CCC5(C)C4CCC13CO2. The number of carboxylic acids is 1. The lowest BCUT2D eigenvalue weighted by atomic mass is 9.29. The minimum absolute atomic E-state index is 0.129. The molecule has 0 aromatic carbocycles. The molecule has 11 unspecified atom stereocenters. The third-order valence-corrected chi connectivity index (χ3v) is 17.7. The van der Waals surface area contributed by atoms with Gasteiger partial charge in [0.2, 0.25) is 0 Å². The second kappa shape index (κ2) is 10.7. The number of rotatable bonds is 7. The minimum atomic E-state index is -0.907. The molecule has 6 saturated carbocycles. The van der Waals surface area contributed by atoms with Gasteiger partial charge in [0.05, 0.1) is 12.0 Å². The molecule has 7 rings (SSSR count). The molecule has 4 nitrogen and oxygen atoms in total. The quantitative estimate of drug-likeness (QED) is 0.282. The van der Waals surface area contributed by atoms with Crippen molar-refractivity contribution in [3.8, 4) is 0 Å². The summed E-state index contributed by atoms with van der Waals surface area (Å²) >= 11 is 0. The second-order valence-electron chi connectivity index (χ2n) is 19.2. The fourth-order valence-corrected chi connectivity index (χ4v) is 14.8. The monoisotopic (exact) mass is 610 g/mol. The van der Waals surface area contributed by atoms with Crippen LogP contribution in [0.2, 0.25) is 0 Å². The number of ether oxygens (including phenoxy) is 1. The highest BCUT2D eigenvalue weighted by Gasteiger charge is 2.75. The van der Waals surface area contributed by atoms with Gasteiger partial charge in [-0.3, -0.25) is 4.79 Å². The van der Waals surface area contributed by atoms with Crippen LogP contribution in [0.1, 0.15) is 169 Å².